The third kappa shape index (κ3) is 5.44. The fraction of sp³-hybridized carbons (Fsp3) is 0.407. The molecule has 3 heterocycles. The zero-order chi connectivity index (χ0) is 24.9. The van der Waals surface area contributed by atoms with E-state index >= 15 is 0 Å². The third-order valence-electron chi connectivity index (χ3n) is 6.87. The fourth-order valence-corrected chi connectivity index (χ4v) is 5.01. The maximum Gasteiger partial charge on any atom is 0.220 e. The molecule has 5 rings (SSSR count). The first-order valence-electron chi connectivity index (χ1n) is 12.7. The van der Waals surface area contributed by atoms with Crippen molar-refractivity contribution in [3.8, 4) is 5.75 Å². The van der Waals surface area contributed by atoms with Crippen molar-refractivity contribution in [2.75, 3.05) is 6.61 Å². The highest BCUT2D eigenvalue weighted by Gasteiger charge is 2.44. The lowest BCUT2D eigenvalue weighted by Crippen LogP contribution is -2.54. The van der Waals surface area contributed by atoms with Crippen molar-refractivity contribution < 1.29 is 9.53 Å². The van der Waals surface area contributed by atoms with Crippen LogP contribution in [0, 0.1) is 0 Å². The Labute approximate surface area is 217 Å². The van der Waals surface area contributed by atoms with Gasteiger partial charge in [0.1, 0.15) is 17.8 Å². The monoisotopic (exact) mass is 508 g/mol. The molecule has 0 bridgehead atoms. The van der Waals surface area contributed by atoms with E-state index in [1.54, 1.807) is 0 Å². The van der Waals surface area contributed by atoms with Crippen molar-refractivity contribution in [1.82, 2.24) is 26.1 Å². The summed E-state index contributed by atoms with van der Waals surface area (Å²) in [7, 11) is 0. The average Bonchev–Trinajstić information content (AvgIpc) is 3.52. The Kier molecular flexibility index (Phi) is 7.63. The van der Waals surface area contributed by atoms with Crippen LogP contribution in [0.15, 0.2) is 66.0 Å². The maximum atomic E-state index is 12.4. The van der Waals surface area contributed by atoms with Crippen LogP contribution in [-0.4, -0.2) is 40.5 Å². The van der Waals surface area contributed by atoms with Crippen LogP contribution in [0.4, 0.5) is 0 Å². The maximum absolute atomic E-state index is 12.4. The summed E-state index contributed by atoms with van der Waals surface area (Å²) in [4.78, 5) is 14.6. The van der Waals surface area contributed by atoms with Crippen LogP contribution in [-0.2, 0) is 11.3 Å². The summed E-state index contributed by atoms with van der Waals surface area (Å²) < 4.78 is 5.80. The number of fused-ring (bicyclic) bond motifs is 3. The van der Waals surface area contributed by atoms with Crippen molar-refractivity contribution in [1.29, 1.82) is 0 Å². The minimum atomic E-state index is -0.0200. The summed E-state index contributed by atoms with van der Waals surface area (Å²) >= 11 is 6.18. The predicted octanol–water partition coefficient (Wildman–Crippen LogP) is 4.27. The van der Waals surface area contributed by atoms with E-state index in [0.717, 1.165) is 43.0 Å². The molecule has 1 fully saturated rings. The normalized spacial score (nSPS) is 22.1. The summed E-state index contributed by atoms with van der Waals surface area (Å²) in [5.41, 5.74) is 9.05. The highest BCUT2D eigenvalue weighted by atomic mass is 35.5. The summed E-state index contributed by atoms with van der Waals surface area (Å²) in [5.74, 6) is 1.77. The molecule has 3 atom stereocenters. The van der Waals surface area contributed by atoms with Crippen molar-refractivity contribution in [3.63, 3.8) is 0 Å². The lowest BCUT2D eigenvalue weighted by molar-refractivity contribution is -0.121. The molecule has 2 aromatic rings. The highest BCUT2D eigenvalue weighted by molar-refractivity contribution is 6.31. The van der Waals surface area contributed by atoms with Crippen molar-refractivity contribution in [2.24, 2.45) is 5.10 Å². The molecule has 0 saturated carbocycles. The molecule has 3 aliphatic heterocycles. The van der Waals surface area contributed by atoms with Gasteiger partial charge in [-0.1, -0.05) is 55.3 Å². The van der Waals surface area contributed by atoms with Crippen LogP contribution in [0.5, 0.6) is 5.75 Å². The number of rotatable bonds is 10. The van der Waals surface area contributed by atoms with Crippen LogP contribution in [0.25, 0.3) is 0 Å². The molecule has 2 aromatic carbocycles. The number of carbonyl (C=O) groups excluding carboxylic acids is 1. The molecule has 190 valence electrons. The van der Waals surface area contributed by atoms with Gasteiger partial charge < -0.3 is 20.0 Å². The molecule has 3 N–H and O–H groups in total. The number of amidine groups is 1. The number of nitrogens with zero attached hydrogens (tertiary/aromatic N) is 3. The van der Waals surface area contributed by atoms with Gasteiger partial charge in [-0.25, -0.2) is 5.43 Å². The van der Waals surface area contributed by atoms with Gasteiger partial charge in [-0.2, -0.15) is 5.10 Å². The van der Waals surface area contributed by atoms with Crippen LogP contribution >= 0.6 is 11.6 Å². The lowest BCUT2D eigenvalue weighted by Gasteiger charge is -2.37. The van der Waals surface area contributed by atoms with E-state index in [2.05, 4.69) is 68.6 Å². The Balaban J connectivity index is 1.11. The van der Waals surface area contributed by atoms with Crippen molar-refractivity contribution in [3.05, 3.63) is 77.1 Å². The van der Waals surface area contributed by atoms with E-state index in [0.29, 0.717) is 24.4 Å². The van der Waals surface area contributed by atoms with Gasteiger partial charge in [-0.15, -0.1) is 0 Å². The van der Waals surface area contributed by atoms with Gasteiger partial charge >= 0.3 is 0 Å². The Morgan fingerprint density at radius 2 is 2.03 bits per heavy atom. The second-order valence-electron chi connectivity index (χ2n) is 9.34. The Morgan fingerprint density at radius 3 is 2.83 bits per heavy atom. The number of unbranched alkanes of at least 4 members (excludes halogenated alkanes) is 1. The van der Waals surface area contributed by atoms with Crippen LogP contribution in [0.1, 0.15) is 56.2 Å². The SMILES string of the molecule is CCCCOc1ccc(C2CC3C4NN=C(CCC(=O)NCc5ccccc5Cl)N4C=CN3N2)cc1. The predicted molar refractivity (Wildman–Crippen MR) is 141 cm³/mol. The Bertz CT molecular complexity index is 1120. The third-order valence-corrected chi connectivity index (χ3v) is 7.24. The van der Waals surface area contributed by atoms with Crippen LogP contribution < -0.4 is 20.9 Å². The number of hydrogen-bond acceptors (Lipinski definition) is 7. The summed E-state index contributed by atoms with van der Waals surface area (Å²) in [6.45, 7) is 3.34. The number of amides is 1. The zero-order valence-electron chi connectivity index (χ0n) is 20.5. The van der Waals surface area contributed by atoms with Crippen LogP contribution in [0.3, 0.4) is 0 Å². The van der Waals surface area contributed by atoms with Gasteiger partial charge in [0, 0.05) is 36.8 Å². The molecule has 8 nitrogen and oxygen atoms in total. The summed E-state index contributed by atoms with van der Waals surface area (Å²) in [6.07, 6.45) is 8.18. The minimum Gasteiger partial charge on any atom is -0.494 e. The largest absolute Gasteiger partial charge is 0.494 e. The molecular weight excluding hydrogens is 476 g/mol. The van der Waals surface area contributed by atoms with Crippen LogP contribution in [0.2, 0.25) is 5.02 Å². The first kappa shape index (κ1) is 24.5. The molecule has 0 aliphatic carbocycles. The zero-order valence-corrected chi connectivity index (χ0v) is 21.2. The molecular formula is C27H33ClN6O2. The van der Waals surface area contributed by atoms with E-state index in [1.165, 1.54) is 5.56 Å². The van der Waals surface area contributed by atoms with Gasteiger partial charge in [-0.05, 0) is 42.2 Å². The van der Waals surface area contributed by atoms with E-state index in [4.69, 9.17) is 16.3 Å². The molecule has 1 saturated heterocycles. The molecule has 0 spiro atoms. The number of ether oxygens (including phenoxy) is 1. The molecule has 3 unspecified atom stereocenters. The van der Waals surface area contributed by atoms with E-state index in [-0.39, 0.29) is 24.2 Å². The van der Waals surface area contributed by atoms with Gasteiger partial charge in [0.05, 0.1) is 18.7 Å². The number of nitrogens with one attached hydrogen (secondary N) is 3. The second-order valence-corrected chi connectivity index (χ2v) is 9.75. The molecule has 0 radical (unpaired) electrons. The molecule has 9 heteroatoms. The second kappa shape index (κ2) is 11.2. The van der Waals surface area contributed by atoms with Gasteiger partial charge in [0.25, 0.3) is 0 Å². The molecule has 0 aromatic heterocycles. The highest BCUT2D eigenvalue weighted by Crippen LogP contribution is 2.34. The quantitative estimate of drug-likeness (QED) is 0.416. The van der Waals surface area contributed by atoms with E-state index < -0.39 is 0 Å². The van der Waals surface area contributed by atoms with Crippen molar-refractivity contribution >= 4 is 23.3 Å². The van der Waals surface area contributed by atoms with Gasteiger partial charge in [-0.3, -0.25) is 10.2 Å². The van der Waals surface area contributed by atoms with E-state index in [1.807, 2.05) is 30.5 Å². The number of hydrazone groups is 1. The number of hydrogen-bond donors (Lipinski definition) is 3. The van der Waals surface area contributed by atoms with Crippen molar-refractivity contribution in [2.45, 2.75) is 63.8 Å². The molecule has 1 amide bonds. The summed E-state index contributed by atoms with van der Waals surface area (Å²) in [5, 5.41) is 10.3. The summed E-state index contributed by atoms with van der Waals surface area (Å²) in [6, 6.07) is 16.4. The Hall–Kier alpha value is -3.23. The lowest BCUT2D eigenvalue weighted by atomic mass is 9.99. The average molecular weight is 509 g/mol. The number of hydrazine groups is 1. The molecule has 3 aliphatic rings. The minimum absolute atomic E-state index is 0.0200. The first-order chi connectivity index (χ1) is 17.6. The molecule has 36 heavy (non-hydrogen) atoms. The van der Waals surface area contributed by atoms with Gasteiger partial charge in [0.15, 0.2) is 0 Å². The van der Waals surface area contributed by atoms with Gasteiger partial charge in [0.2, 0.25) is 5.91 Å². The fourth-order valence-electron chi connectivity index (χ4n) is 4.81. The topological polar surface area (TPSA) is 81.2 Å². The number of benzene rings is 2. The number of halogens is 1. The number of carbonyl (C=O) groups is 1. The first-order valence-corrected chi connectivity index (χ1v) is 13.1. The smallest absolute Gasteiger partial charge is 0.220 e. The van der Waals surface area contributed by atoms with E-state index in [9.17, 15) is 4.79 Å². The standard InChI is InChI=1S/C27H33ClN6O2/c1-2-3-16-36-21-10-8-19(9-11-21)23-17-24-27-31-30-25(33(27)14-15-34(24)32-23)12-13-26(35)29-18-20-6-4-5-7-22(20)28/h4-11,14-15,23-24,27,31-32H,2-3,12-13,16-18H2,1H3,(H,29,35). The Morgan fingerprint density at radius 1 is 1.19 bits per heavy atom.